The number of carbonyl (C=O) groups is 3. The van der Waals surface area contributed by atoms with E-state index < -0.39 is 18.0 Å². The molecule has 12 nitrogen and oxygen atoms in total. The lowest BCUT2D eigenvalue weighted by Crippen LogP contribution is -2.59. The summed E-state index contributed by atoms with van der Waals surface area (Å²) in [5.41, 5.74) is 8.67. The molecule has 0 aliphatic carbocycles. The number of carbonyl (C=O) groups excluding carboxylic acids is 3. The summed E-state index contributed by atoms with van der Waals surface area (Å²) in [5, 5.41) is 16.3. The highest BCUT2D eigenvalue weighted by molar-refractivity contribution is 9.11. The Morgan fingerprint density at radius 1 is 0.922 bits per heavy atom. The van der Waals surface area contributed by atoms with Crippen molar-refractivity contribution in [3.63, 3.8) is 0 Å². The van der Waals surface area contributed by atoms with Crippen LogP contribution in [0.4, 0.5) is 10.5 Å². The van der Waals surface area contributed by atoms with Crippen LogP contribution >= 0.6 is 31.9 Å². The third kappa shape index (κ3) is 10.1. The molecule has 2 aliphatic heterocycles. The lowest BCUT2D eigenvalue weighted by atomic mass is 9.89. The average molecular weight is 830 g/mol. The number of pyridine rings is 1. The van der Waals surface area contributed by atoms with E-state index in [1.165, 1.54) is 5.56 Å². The zero-order chi connectivity index (χ0) is 36.3. The molecule has 2 saturated heterocycles. The van der Waals surface area contributed by atoms with Crippen LogP contribution in [0.2, 0.25) is 0 Å². The van der Waals surface area contributed by atoms with Crippen LogP contribution in [0.25, 0.3) is 0 Å². The summed E-state index contributed by atoms with van der Waals surface area (Å²) < 4.78 is 6.44. The molecule has 4 amide bonds. The largest absolute Gasteiger partial charge is 0.506 e. The van der Waals surface area contributed by atoms with Crippen LogP contribution < -0.4 is 26.0 Å². The molecule has 5 N–H and O–H groups in total. The lowest BCUT2D eigenvalue weighted by molar-refractivity contribution is -0.138. The molecule has 2 atom stereocenters. The Balaban J connectivity index is 1.29. The fourth-order valence-corrected chi connectivity index (χ4v) is 8.06. The van der Waals surface area contributed by atoms with Gasteiger partial charge in [0.25, 0.3) is 0 Å². The summed E-state index contributed by atoms with van der Waals surface area (Å²) >= 11 is 6.75. The predicted molar refractivity (Wildman–Crippen MR) is 204 cm³/mol. The number of aromatic nitrogens is 1. The summed E-state index contributed by atoms with van der Waals surface area (Å²) in [7, 11) is 1.64. The van der Waals surface area contributed by atoms with Crippen LogP contribution in [-0.4, -0.2) is 103 Å². The monoisotopic (exact) mass is 827 g/mol. The number of para-hydroxylation sites is 2. The van der Waals surface area contributed by atoms with Gasteiger partial charge in [0.15, 0.2) is 0 Å². The number of aromatic hydroxyl groups is 1. The molecule has 2 aromatic carbocycles. The van der Waals surface area contributed by atoms with Crippen LogP contribution in [0.1, 0.15) is 49.1 Å². The van der Waals surface area contributed by atoms with Gasteiger partial charge in [-0.3, -0.25) is 14.6 Å². The number of nitrogens with one attached hydrogen (secondary N) is 2. The number of nitrogens with zero attached hydrogens (tertiary/aromatic N) is 4. The Morgan fingerprint density at radius 2 is 1.59 bits per heavy atom. The molecule has 0 spiro atoms. The van der Waals surface area contributed by atoms with E-state index in [0.717, 1.165) is 30.7 Å². The molecular formula is C37H47Br2N7O5. The molecule has 51 heavy (non-hydrogen) atoms. The molecule has 274 valence electrons. The SMILES string of the molecule is COc1ccccc1N1CCN(C(=O)N[C@H](Cc2cc(Br)c(O)c(Br)c2)C(=O)N[C@@H](CCCCN)C(=O)N2CCC(c3ccncc3)CC2)CC1. The Kier molecular flexibility index (Phi) is 14.0. The number of phenolic OH excluding ortho intramolecular Hbond substituents is 1. The van der Waals surface area contributed by atoms with E-state index in [-0.39, 0.29) is 24.1 Å². The van der Waals surface area contributed by atoms with E-state index in [4.69, 9.17) is 10.5 Å². The maximum Gasteiger partial charge on any atom is 0.318 e. The van der Waals surface area contributed by atoms with Crippen LogP contribution in [0.5, 0.6) is 11.5 Å². The van der Waals surface area contributed by atoms with Crippen molar-refractivity contribution in [3.8, 4) is 11.5 Å². The molecule has 0 unspecified atom stereocenters. The first kappa shape index (κ1) is 38.4. The Morgan fingerprint density at radius 3 is 2.24 bits per heavy atom. The molecule has 0 saturated carbocycles. The zero-order valence-electron chi connectivity index (χ0n) is 28.9. The Hall–Kier alpha value is -3.88. The van der Waals surface area contributed by atoms with Gasteiger partial charge >= 0.3 is 6.03 Å². The van der Waals surface area contributed by atoms with E-state index in [1.54, 1.807) is 36.5 Å². The first-order valence-corrected chi connectivity index (χ1v) is 19.1. The zero-order valence-corrected chi connectivity index (χ0v) is 32.1. The minimum Gasteiger partial charge on any atom is -0.506 e. The molecule has 3 heterocycles. The summed E-state index contributed by atoms with van der Waals surface area (Å²) in [4.78, 5) is 51.7. The number of piperazine rings is 1. The van der Waals surface area contributed by atoms with Crippen molar-refractivity contribution in [1.29, 1.82) is 0 Å². The number of unbranched alkanes of at least 4 members (excludes halogenated alkanes) is 1. The van der Waals surface area contributed by atoms with Gasteiger partial charge in [0.1, 0.15) is 23.6 Å². The summed E-state index contributed by atoms with van der Waals surface area (Å²) in [6, 6.07) is 13.2. The number of methoxy groups -OCH3 is 1. The minimum absolute atomic E-state index is 0.0370. The highest BCUT2D eigenvalue weighted by atomic mass is 79.9. The van der Waals surface area contributed by atoms with Gasteiger partial charge in [0, 0.05) is 58.1 Å². The Bertz CT molecular complexity index is 1610. The normalized spacial score (nSPS) is 16.4. The second-order valence-corrected chi connectivity index (χ2v) is 14.7. The van der Waals surface area contributed by atoms with Crippen LogP contribution in [0, 0.1) is 0 Å². The third-order valence-corrected chi connectivity index (χ3v) is 10.9. The molecule has 5 rings (SSSR count). The van der Waals surface area contributed by atoms with Gasteiger partial charge in [-0.05, 0) is 124 Å². The molecule has 14 heteroatoms. The lowest BCUT2D eigenvalue weighted by Gasteiger charge is -2.37. The number of urea groups is 1. The number of ether oxygens (including phenoxy) is 1. The number of hydrogen-bond donors (Lipinski definition) is 4. The number of likely N-dealkylation sites (tertiary alicyclic amines) is 1. The van der Waals surface area contributed by atoms with E-state index in [1.807, 2.05) is 41.3 Å². The molecule has 1 aromatic heterocycles. The maximum atomic E-state index is 14.1. The average Bonchev–Trinajstić information content (AvgIpc) is 3.16. The van der Waals surface area contributed by atoms with Crippen LogP contribution in [-0.2, 0) is 16.0 Å². The number of benzene rings is 2. The topological polar surface area (TPSA) is 153 Å². The Labute approximate surface area is 316 Å². The highest BCUT2D eigenvalue weighted by Crippen LogP contribution is 2.34. The van der Waals surface area contributed by atoms with E-state index in [0.29, 0.717) is 79.1 Å². The van der Waals surface area contributed by atoms with Gasteiger partial charge in [0.05, 0.1) is 21.7 Å². The number of piperidine rings is 1. The number of phenols is 1. The van der Waals surface area contributed by atoms with Gasteiger partial charge < -0.3 is 40.9 Å². The molecule has 2 aliphatic rings. The molecular weight excluding hydrogens is 782 g/mol. The number of halogens is 2. The van der Waals surface area contributed by atoms with E-state index >= 15 is 0 Å². The van der Waals surface area contributed by atoms with Gasteiger partial charge in [-0.25, -0.2) is 4.79 Å². The third-order valence-electron chi connectivity index (χ3n) is 9.67. The quantitative estimate of drug-likeness (QED) is 0.180. The standard InChI is InChI=1S/C37H47Br2N7O5/c1-51-33-8-3-2-7-32(33)44-18-20-46(21-19-44)37(50)43-31(24-25-22-28(38)34(47)29(39)23-25)35(48)42-30(6-4-5-13-40)36(49)45-16-11-27(12-17-45)26-9-14-41-15-10-26/h2-3,7-10,14-15,22-23,27,30-31,47H,4-6,11-13,16-21,24,40H2,1H3,(H,42,48)(H,43,50)/t30-,31+/m0/s1. The van der Waals surface area contributed by atoms with Crippen molar-refractivity contribution in [2.45, 2.75) is 56.5 Å². The van der Waals surface area contributed by atoms with Crippen molar-refractivity contribution in [1.82, 2.24) is 25.4 Å². The predicted octanol–water partition coefficient (Wildman–Crippen LogP) is 4.78. The van der Waals surface area contributed by atoms with E-state index in [9.17, 15) is 19.5 Å². The van der Waals surface area contributed by atoms with Crippen LogP contribution in [0.15, 0.2) is 69.9 Å². The highest BCUT2D eigenvalue weighted by Gasteiger charge is 2.33. The number of hydrogen-bond acceptors (Lipinski definition) is 8. The second-order valence-electron chi connectivity index (χ2n) is 13.0. The van der Waals surface area contributed by atoms with E-state index in [2.05, 4.69) is 52.4 Å². The fraction of sp³-hybridized carbons (Fsp3) is 0.459. The number of anilines is 1. The van der Waals surface area contributed by atoms with Crippen molar-refractivity contribution >= 4 is 55.4 Å². The van der Waals surface area contributed by atoms with Crippen molar-refractivity contribution < 1.29 is 24.2 Å². The number of nitrogens with two attached hydrogens (primary N) is 1. The molecule has 3 aromatic rings. The van der Waals surface area contributed by atoms with Crippen molar-refractivity contribution in [3.05, 3.63) is 81.0 Å². The number of amides is 4. The van der Waals surface area contributed by atoms with Crippen molar-refractivity contribution in [2.24, 2.45) is 5.73 Å². The van der Waals surface area contributed by atoms with Crippen LogP contribution in [0.3, 0.4) is 0 Å². The molecule has 2 fully saturated rings. The number of rotatable bonds is 13. The fourth-order valence-electron chi connectivity index (χ4n) is 6.77. The summed E-state index contributed by atoms with van der Waals surface area (Å²) in [5.74, 6) is 0.583. The summed E-state index contributed by atoms with van der Waals surface area (Å²) in [6.45, 7) is 3.75. The van der Waals surface area contributed by atoms with Gasteiger partial charge in [-0.1, -0.05) is 12.1 Å². The first-order chi connectivity index (χ1) is 24.7. The maximum absolute atomic E-state index is 14.1. The van der Waals surface area contributed by atoms with Gasteiger partial charge in [0.2, 0.25) is 11.8 Å². The van der Waals surface area contributed by atoms with Gasteiger partial charge in [-0.2, -0.15) is 0 Å². The molecule has 0 bridgehead atoms. The smallest absolute Gasteiger partial charge is 0.318 e. The minimum atomic E-state index is -0.990. The molecule has 0 radical (unpaired) electrons. The second kappa shape index (κ2) is 18.6. The summed E-state index contributed by atoms with van der Waals surface area (Å²) in [6.07, 6.45) is 7.21. The van der Waals surface area contributed by atoms with Gasteiger partial charge in [-0.15, -0.1) is 0 Å². The first-order valence-electron chi connectivity index (χ1n) is 17.5. The van der Waals surface area contributed by atoms with Crippen molar-refractivity contribution in [2.75, 3.05) is 57.8 Å².